The molecule has 0 saturated carbocycles. The third-order valence-electron chi connectivity index (χ3n) is 3.20. The topological polar surface area (TPSA) is 79.8 Å². The summed E-state index contributed by atoms with van der Waals surface area (Å²) in [6, 6.07) is 13.5. The monoisotopic (exact) mass is 360 g/mol. The first-order chi connectivity index (χ1) is 12.1. The summed E-state index contributed by atoms with van der Waals surface area (Å²) in [5.74, 6) is 0.0868. The summed E-state index contributed by atoms with van der Waals surface area (Å²) in [6.45, 7) is 3.30. The summed E-state index contributed by atoms with van der Waals surface area (Å²) in [5, 5.41) is 15.2. The van der Waals surface area contributed by atoms with Crippen LogP contribution in [0, 0.1) is 0 Å². The van der Waals surface area contributed by atoms with Crippen molar-refractivity contribution in [2.75, 3.05) is 25.1 Å². The molecular formula is C18H20N2O4S. The minimum atomic E-state index is -0.403. The van der Waals surface area contributed by atoms with E-state index >= 15 is 0 Å². The maximum Gasteiger partial charge on any atom is 0.261 e. The SMILES string of the molecule is CCOCCOc1ccccc1C(=O)NC(=S)Nc1ccccc1O. The molecule has 6 nitrogen and oxygen atoms in total. The summed E-state index contributed by atoms with van der Waals surface area (Å²) in [7, 11) is 0. The van der Waals surface area contributed by atoms with E-state index in [1.807, 2.05) is 6.92 Å². The molecule has 0 spiro atoms. The lowest BCUT2D eigenvalue weighted by molar-refractivity contribution is 0.0958. The summed E-state index contributed by atoms with van der Waals surface area (Å²) in [5.41, 5.74) is 0.773. The summed E-state index contributed by atoms with van der Waals surface area (Å²) < 4.78 is 10.8. The summed E-state index contributed by atoms with van der Waals surface area (Å²) in [4.78, 5) is 12.4. The second kappa shape index (κ2) is 9.61. The second-order valence-electron chi connectivity index (χ2n) is 4.97. The Labute approximate surface area is 151 Å². The number of thiocarbonyl (C=S) groups is 1. The van der Waals surface area contributed by atoms with E-state index in [9.17, 15) is 9.90 Å². The van der Waals surface area contributed by atoms with Crippen LogP contribution in [-0.4, -0.2) is 35.9 Å². The molecule has 0 aliphatic heterocycles. The van der Waals surface area contributed by atoms with Crippen molar-refractivity contribution in [3.8, 4) is 11.5 Å². The Hall–Kier alpha value is -2.64. The number of phenols is 1. The van der Waals surface area contributed by atoms with E-state index in [1.54, 1.807) is 42.5 Å². The van der Waals surface area contributed by atoms with Crippen LogP contribution >= 0.6 is 12.2 Å². The number of aromatic hydroxyl groups is 1. The molecule has 0 saturated heterocycles. The summed E-state index contributed by atoms with van der Waals surface area (Å²) in [6.07, 6.45) is 0. The number of ether oxygens (including phenoxy) is 2. The number of phenolic OH excluding ortho intramolecular Hbond substituents is 1. The highest BCUT2D eigenvalue weighted by Gasteiger charge is 2.14. The van der Waals surface area contributed by atoms with Crippen molar-refractivity contribution in [1.82, 2.24) is 5.32 Å². The quantitative estimate of drug-likeness (QED) is 0.400. The normalized spacial score (nSPS) is 10.1. The van der Waals surface area contributed by atoms with Crippen LogP contribution in [0.15, 0.2) is 48.5 Å². The van der Waals surface area contributed by atoms with Crippen molar-refractivity contribution < 1.29 is 19.4 Å². The molecule has 2 rings (SSSR count). The van der Waals surface area contributed by atoms with E-state index in [4.69, 9.17) is 21.7 Å². The predicted molar refractivity (Wildman–Crippen MR) is 100 cm³/mol. The van der Waals surface area contributed by atoms with E-state index in [1.165, 1.54) is 6.07 Å². The molecule has 0 aliphatic rings. The Morgan fingerprint density at radius 2 is 1.84 bits per heavy atom. The standard InChI is InChI=1S/C18H20N2O4S/c1-2-23-11-12-24-16-10-6-3-7-13(16)17(22)20-18(25)19-14-8-4-5-9-15(14)21/h3-10,21H,2,11-12H2,1H3,(H2,19,20,22,25). The molecule has 0 aromatic heterocycles. The zero-order chi connectivity index (χ0) is 18.1. The lowest BCUT2D eigenvalue weighted by Crippen LogP contribution is -2.34. The number of carbonyl (C=O) groups is 1. The van der Waals surface area contributed by atoms with Gasteiger partial charge >= 0.3 is 0 Å². The number of benzene rings is 2. The van der Waals surface area contributed by atoms with Crippen molar-refractivity contribution in [3.63, 3.8) is 0 Å². The van der Waals surface area contributed by atoms with Gasteiger partial charge in [0.05, 0.1) is 17.9 Å². The third kappa shape index (κ3) is 5.74. The van der Waals surface area contributed by atoms with E-state index < -0.39 is 5.91 Å². The van der Waals surface area contributed by atoms with Crippen LogP contribution in [0.1, 0.15) is 17.3 Å². The van der Waals surface area contributed by atoms with Gasteiger partial charge in [-0.05, 0) is 43.4 Å². The molecule has 3 N–H and O–H groups in total. The number of nitrogens with one attached hydrogen (secondary N) is 2. The van der Waals surface area contributed by atoms with Crippen LogP contribution in [0.3, 0.4) is 0 Å². The Morgan fingerprint density at radius 3 is 2.60 bits per heavy atom. The molecule has 25 heavy (non-hydrogen) atoms. The Balaban J connectivity index is 1.98. The number of carbonyl (C=O) groups excluding carboxylic acids is 1. The molecule has 1 amide bonds. The molecule has 0 radical (unpaired) electrons. The van der Waals surface area contributed by atoms with Gasteiger partial charge < -0.3 is 19.9 Å². The van der Waals surface area contributed by atoms with Crippen molar-refractivity contribution in [2.45, 2.75) is 6.92 Å². The average molecular weight is 360 g/mol. The van der Waals surface area contributed by atoms with Gasteiger partial charge in [-0.3, -0.25) is 10.1 Å². The van der Waals surface area contributed by atoms with Gasteiger partial charge in [0.1, 0.15) is 18.1 Å². The number of hydrogen-bond donors (Lipinski definition) is 3. The van der Waals surface area contributed by atoms with E-state index in [2.05, 4.69) is 10.6 Å². The Bertz CT molecular complexity index is 737. The van der Waals surface area contributed by atoms with Gasteiger partial charge in [-0.15, -0.1) is 0 Å². The van der Waals surface area contributed by atoms with E-state index in [0.717, 1.165) is 0 Å². The maximum atomic E-state index is 12.4. The first-order valence-corrected chi connectivity index (χ1v) is 8.22. The van der Waals surface area contributed by atoms with Gasteiger partial charge in [-0.1, -0.05) is 24.3 Å². The number of rotatable bonds is 7. The van der Waals surface area contributed by atoms with Crippen molar-refractivity contribution in [1.29, 1.82) is 0 Å². The number of amides is 1. The Kier molecular flexibility index (Phi) is 7.18. The van der Waals surface area contributed by atoms with Crippen molar-refractivity contribution in [2.24, 2.45) is 0 Å². The van der Waals surface area contributed by atoms with Crippen LogP contribution in [0.4, 0.5) is 5.69 Å². The molecule has 2 aromatic rings. The molecule has 0 fully saturated rings. The maximum absolute atomic E-state index is 12.4. The van der Waals surface area contributed by atoms with Crippen LogP contribution in [-0.2, 0) is 4.74 Å². The van der Waals surface area contributed by atoms with E-state index in [0.29, 0.717) is 36.8 Å². The minimum absolute atomic E-state index is 0.0405. The molecule has 132 valence electrons. The van der Waals surface area contributed by atoms with Crippen LogP contribution in [0.5, 0.6) is 11.5 Å². The second-order valence-corrected chi connectivity index (χ2v) is 5.38. The van der Waals surface area contributed by atoms with Gasteiger partial charge in [0.25, 0.3) is 5.91 Å². The number of para-hydroxylation sites is 3. The lowest BCUT2D eigenvalue weighted by Gasteiger charge is -2.13. The van der Waals surface area contributed by atoms with Crippen molar-refractivity contribution in [3.05, 3.63) is 54.1 Å². The molecule has 2 aromatic carbocycles. The molecule has 0 bridgehead atoms. The third-order valence-corrected chi connectivity index (χ3v) is 3.40. The minimum Gasteiger partial charge on any atom is -0.506 e. The largest absolute Gasteiger partial charge is 0.506 e. The van der Waals surface area contributed by atoms with Crippen LogP contribution < -0.4 is 15.4 Å². The fourth-order valence-electron chi connectivity index (χ4n) is 2.04. The van der Waals surface area contributed by atoms with Gasteiger partial charge in [0.2, 0.25) is 0 Å². The van der Waals surface area contributed by atoms with Gasteiger partial charge in [0, 0.05) is 6.61 Å². The average Bonchev–Trinajstić information content (AvgIpc) is 2.61. The van der Waals surface area contributed by atoms with Crippen molar-refractivity contribution >= 4 is 28.9 Å². The van der Waals surface area contributed by atoms with E-state index in [-0.39, 0.29) is 10.9 Å². The van der Waals surface area contributed by atoms with Crippen LogP contribution in [0.2, 0.25) is 0 Å². The first-order valence-electron chi connectivity index (χ1n) is 7.81. The Morgan fingerprint density at radius 1 is 1.12 bits per heavy atom. The molecule has 0 aliphatic carbocycles. The smallest absolute Gasteiger partial charge is 0.261 e. The van der Waals surface area contributed by atoms with Gasteiger partial charge in [-0.2, -0.15) is 0 Å². The fraction of sp³-hybridized carbons (Fsp3) is 0.222. The highest BCUT2D eigenvalue weighted by atomic mass is 32.1. The lowest BCUT2D eigenvalue weighted by atomic mass is 10.2. The number of anilines is 1. The highest BCUT2D eigenvalue weighted by Crippen LogP contribution is 2.21. The van der Waals surface area contributed by atoms with Crippen LogP contribution in [0.25, 0.3) is 0 Å². The molecule has 0 heterocycles. The molecule has 7 heteroatoms. The molecular weight excluding hydrogens is 340 g/mol. The van der Waals surface area contributed by atoms with Gasteiger partial charge in [0.15, 0.2) is 5.11 Å². The first kappa shape index (κ1) is 18.7. The zero-order valence-corrected chi connectivity index (χ0v) is 14.6. The summed E-state index contributed by atoms with van der Waals surface area (Å²) >= 11 is 5.12. The molecule has 0 atom stereocenters. The molecule has 0 unspecified atom stereocenters. The van der Waals surface area contributed by atoms with Gasteiger partial charge in [-0.25, -0.2) is 0 Å². The zero-order valence-electron chi connectivity index (χ0n) is 13.8. The fourth-order valence-corrected chi connectivity index (χ4v) is 2.24. The number of hydrogen-bond acceptors (Lipinski definition) is 5. The highest BCUT2D eigenvalue weighted by molar-refractivity contribution is 7.80. The predicted octanol–water partition coefficient (Wildman–Crippen LogP) is 2.93.